The van der Waals surface area contributed by atoms with Gasteiger partial charge in [-0.3, -0.25) is 9.32 Å². The normalized spacial score (nSPS) is 14.9. The van der Waals surface area contributed by atoms with E-state index in [1.807, 2.05) is 56.5 Å². The summed E-state index contributed by atoms with van der Waals surface area (Å²) >= 11 is 6.06. The molecule has 2 aromatic heterocycles. The Bertz CT molecular complexity index is 1650. The van der Waals surface area contributed by atoms with Crippen molar-refractivity contribution in [3.63, 3.8) is 0 Å². The van der Waals surface area contributed by atoms with Gasteiger partial charge in [0.2, 0.25) is 0 Å². The third kappa shape index (κ3) is 8.08. The Balaban J connectivity index is 1.72. The summed E-state index contributed by atoms with van der Waals surface area (Å²) in [7, 11) is -4.19. The molecular weight excluding hydrogens is 605 g/mol. The Morgan fingerprint density at radius 2 is 1.77 bits per heavy atom. The first kappa shape index (κ1) is 33.7. The second-order valence-electron chi connectivity index (χ2n) is 11.8. The number of para-hydroxylation sites is 1. The summed E-state index contributed by atoms with van der Waals surface area (Å²) < 4.78 is 39.8. The lowest BCUT2D eigenvalue weighted by Crippen LogP contribution is -2.44. The fraction of sp³-hybridized carbons (Fsp3) is 0.452. The zero-order valence-electron chi connectivity index (χ0n) is 26.2. The number of imidazole rings is 1. The van der Waals surface area contributed by atoms with E-state index >= 15 is 0 Å². The Hall–Kier alpha value is -3.21. The Labute approximate surface area is 263 Å². The molecule has 13 heteroatoms. The zero-order valence-corrected chi connectivity index (χ0v) is 27.8. The quantitative estimate of drug-likeness (QED) is 0.114. The molecule has 44 heavy (non-hydrogen) atoms. The molecule has 4 aromatic rings. The smallest absolute Gasteiger partial charge is 0.459 e. The topological polar surface area (TPSA) is 140 Å². The number of hydrogen-bond donors (Lipinski definition) is 2. The van der Waals surface area contributed by atoms with Crippen LogP contribution < -0.4 is 15.3 Å². The molecule has 0 amide bonds. The lowest BCUT2D eigenvalue weighted by atomic mass is 10.1. The van der Waals surface area contributed by atoms with E-state index in [1.165, 1.54) is 0 Å². The van der Waals surface area contributed by atoms with Crippen LogP contribution in [-0.4, -0.2) is 45.4 Å². The molecule has 0 aliphatic carbocycles. The standard InChI is InChI=1S/C31H41ClN5O6P/c1-8-40-18-25-35-27-28(23-11-9-10-12-24(23)34-29(27)33)37(25)20(4)17-41-44(39,43-22-15-13-21(32)14-16-22)36-26(19(2)3)30(38)42-31(5,6)7/h9-16,19-20,26H,8,17-18H2,1-7H3,(H2,33,34)(H,36,39)/t20-,26+,44?/m1/s1. The monoisotopic (exact) mass is 645 g/mol. The Morgan fingerprint density at radius 3 is 2.41 bits per heavy atom. The number of hydrogen-bond acceptors (Lipinski definition) is 9. The third-order valence-electron chi connectivity index (χ3n) is 6.65. The highest BCUT2D eigenvalue weighted by atomic mass is 35.5. The van der Waals surface area contributed by atoms with Gasteiger partial charge in [-0.25, -0.2) is 14.5 Å². The number of esters is 1. The first-order valence-corrected chi connectivity index (χ1v) is 16.5. The van der Waals surface area contributed by atoms with E-state index < -0.39 is 31.4 Å². The largest absolute Gasteiger partial charge is 0.459 e. The van der Waals surface area contributed by atoms with Crippen LogP contribution in [0.3, 0.4) is 0 Å². The molecule has 1 unspecified atom stereocenters. The van der Waals surface area contributed by atoms with E-state index in [1.54, 1.807) is 45.0 Å². The van der Waals surface area contributed by atoms with Crippen molar-refractivity contribution in [2.75, 3.05) is 18.9 Å². The third-order valence-corrected chi connectivity index (χ3v) is 8.44. The summed E-state index contributed by atoms with van der Waals surface area (Å²) in [5, 5.41) is 4.20. The van der Waals surface area contributed by atoms with E-state index in [4.69, 9.17) is 40.8 Å². The molecule has 11 nitrogen and oxygen atoms in total. The Morgan fingerprint density at radius 1 is 1.09 bits per heavy atom. The molecule has 3 atom stereocenters. The average Bonchev–Trinajstić information content (AvgIpc) is 3.34. The molecule has 0 fully saturated rings. The van der Waals surface area contributed by atoms with Gasteiger partial charge < -0.3 is 24.3 Å². The molecule has 0 aliphatic heterocycles. The minimum atomic E-state index is -4.19. The number of nitrogens with one attached hydrogen (secondary N) is 1. The number of ether oxygens (including phenoxy) is 2. The van der Waals surface area contributed by atoms with Crippen LogP contribution in [0, 0.1) is 5.92 Å². The van der Waals surface area contributed by atoms with Gasteiger partial charge in [-0.1, -0.05) is 43.6 Å². The van der Waals surface area contributed by atoms with Crippen molar-refractivity contribution < 1.29 is 27.9 Å². The van der Waals surface area contributed by atoms with Gasteiger partial charge in [0.15, 0.2) is 5.82 Å². The molecule has 0 aliphatic rings. The first-order chi connectivity index (χ1) is 20.7. The number of aromatic nitrogens is 3. The van der Waals surface area contributed by atoms with E-state index in [0.29, 0.717) is 34.3 Å². The number of pyridine rings is 1. The second-order valence-corrected chi connectivity index (χ2v) is 13.9. The second kappa shape index (κ2) is 13.8. The molecule has 238 valence electrons. The molecule has 4 rings (SSSR count). The van der Waals surface area contributed by atoms with Crippen molar-refractivity contribution in [3.8, 4) is 5.75 Å². The summed E-state index contributed by atoms with van der Waals surface area (Å²) in [5.74, 6) is 0.278. The number of anilines is 1. The molecule has 0 radical (unpaired) electrons. The van der Waals surface area contributed by atoms with E-state index in [2.05, 4.69) is 10.1 Å². The summed E-state index contributed by atoms with van der Waals surface area (Å²) in [6.07, 6.45) is 0. The fourth-order valence-corrected chi connectivity index (χ4v) is 6.51. The van der Waals surface area contributed by atoms with Crippen LogP contribution in [0.15, 0.2) is 48.5 Å². The van der Waals surface area contributed by atoms with E-state index in [-0.39, 0.29) is 24.9 Å². The van der Waals surface area contributed by atoms with Crippen LogP contribution in [0.1, 0.15) is 60.3 Å². The van der Waals surface area contributed by atoms with Gasteiger partial charge >= 0.3 is 13.7 Å². The Kier molecular flexibility index (Phi) is 10.6. The number of carbonyl (C=O) groups excluding carboxylic acids is 1. The number of nitrogen functional groups attached to an aromatic ring is 1. The lowest BCUT2D eigenvalue weighted by molar-refractivity contribution is -0.158. The van der Waals surface area contributed by atoms with Crippen LogP contribution in [0.5, 0.6) is 5.75 Å². The van der Waals surface area contributed by atoms with Gasteiger partial charge in [0, 0.05) is 17.0 Å². The van der Waals surface area contributed by atoms with Crippen molar-refractivity contribution in [3.05, 3.63) is 59.4 Å². The maximum Gasteiger partial charge on any atom is 0.459 e. The highest BCUT2D eigenvalue weighted by Gasteiger charge is 2.38. The van der Waals surface area contributed by atoms with E-state index in [0.717, 1.165) is 10.9 Å². The summed E-state index contributed by atoms with van der Waals surface area (Å²) in [6, 6.07) is 12.6. The molecule has 0 spiro atoms. The maximum absolute atomic E-state index is 14.4. The molecular formula is C31H41ClN5O6P. The predicted octanol–water partition coefficient (Wildman–Crippen LogP) is 7.08. The number of benzene rings is 2. The van der Waals surface area contributed by atoms with Crippen molar-refractivity contribution in [1.29, 1.82) is 0 Å². The number of nitrogens with two attached hydrogens (primary N) is 1. The summed E-state index contributed by atoms with van der Waals surface area (Å²) in [6.45, 7) is 13.4. The summed E-state index contributed by atoms with van der Waals surface area (Å²) in [5.41, 5.74) is 7.60. The van der Waals surface area contributed by atoms with Crippen molar-refractivity contribution >= 4 is 53.1 Å². The number of carbonyl (C=O) groups is 1. The molecule has 0 saturated heterocycles. The SMILES string of the molecule is CCOCc1nc2c(N)nc3ccccc3c2n1[C@H](C)COP(=O)(N[C@H](C(=O)OC(C)(C)C)C(C)C)Oc1ccc(Cl)cc1. The highest BCUT2D eigenvalue weighted by molar-refractivity contribution is 7.52. The molecule has 2 heterocycles. The van der Waals surface area contributed by atoms with E-state index in [9.17, 15) is 9.36 Å². The van der Waals surface area contributed by atoms with Crippen molar-refractivity contribution in [2.45, 2.75) is 72.8 Å². The summed E-state index contributed by atoms with van der Waals surface area (Å²) in [4.78, 5) is 22.5. The first-order valence-electron chi connectivity index (χ1n) is 14.5. The van der Waals surface area contributed by atoms with Crippen LogP contribution in [0.4, 0.5) is 5.82 Å². The van der Waals surface area contributed by atoms with Gasteiger partial charge in [-0.2, -0.15) is 5.09 Å². The van der Waals surface area contributed by atoms with Crippen LogP contribution in [-0.2, 0) is 30.0 Å². The molecule has 0 bridgehead atoms. The predicted molar refractivity (Wildman–Crippen MR) is 173 cm³/mol. The minimum Gasteiger partial charge on any atom is -0.459 e. The van der Waals surface area contributed by atoms with Gasteiger partial charge in [0.05, 0.1) is 23.7 Å². The number of fused-ring (bicyclic) bond motifs is 3. The van der Waals surface area contributed by atoms with Crippen LogP contribution in [0.25, 0.3) is 21.9 Å². The lowest BCUT2D eigenvalue weighted by Gasteiger charge is -2.30. The van der Waals surface area contributed by atoms with Crippen LogP contribution >= 0.6 is 19.3 Å². The number of nitrogens with zero attached hydrogens (tertiary/aromatic N) is 3. The highest BCUT2D eigenvalue weighted by Crippen LogP contribution is 2.47. The van der Waals surface area contributed by atoms with Gasteiger partial charge in [0.1, 0.15) is 35.3 Å². The maximum atomic E-state index is 14.4. The number of halogens is 1. The fourth-order valence-electron chi connectivity index (χ4n) is 4.65. The van der Waals surface area contributed by atoms with Crippen molar-refractivity contribution in [1.82, 2.24) is 19.6 Å². The number of rotatable bonds is 13. The minimum absolute atomic E-state index is 0.0852. The van der Waals surface area contributed by atoms with Crippen molar-refractivity contribution in [2.24, 2.45) is 5.92 Å². The molecule has 3 N–H and O–H groups in total. The average molecular weight is 646 g/mol. The molecule has 0 saturated carbocycles. The van der Waals surface area contributed by atoms with Gasteiger partial charge in [-0.15, -0.1) is 0 Å². The zero-order chi connectivity index (χ0) is 32.2. The van der Waals surface area contributed by atoms with Gasteiger partial charge in [0.25, 0.3) is 0 Å². The molecule has 2 aromatic carbocycles. The van der Waals surface area contributed by atoms with Gasteiger partial charge in [-0.05, 0) is 70.9 Å². The van der Waals surface area contributed by atoms with Crippen LogP contribution in [0.2, 0.25) is 5.02 Å².